The molecule has 0 radical (unpaired) electrons. The van der Waals surface area contributed by atoms with Gasteiger partial charge in [0, 0.05) is 49.7 Å². The summed E-state index contributed by atoms with van der Waals surface area (Å²) in [6, 6.07) is -1.86. The Bertz CT molecular complexity index is 1450. The Labute approximate surface area is 275 Å². The third-order valence-corrected chi connectivity index (χ3v) is 8.66. The highest BCUT2D eigenvalue weighted by molar-refractivity contribution is 5.87. The third-order valence-electron chi connectivity index (χ3n) is 8.66. The Morgan fingerprint density at radius 1 is 0.851 bits per heavy atom. The van der Waals surface area contributed by atoms with Crippen molar-refractivity contribution in [1.82, 2.24) is 40.4 Å². The van der Waals surface area contributed by atoms with Crippen molar-refractivity contribution in [2.24, 2.45) is 11.8 Å². The second-order valence-corrected chi connectivity index (χ2v) is 12.8. The van der Waals surface area contributed by atoms with E-state index in [1.54, 1.807) is 22.2 Å². The number of nitrogens with one attached hydrogen (secondary N) is 4. The molecule has 0 aromatic carbocycles. The monoisotopic (exact) mass is 652 g/mol. The number of H-pyrrole nitrogens is 2. The van der Waals surface area contributed by atoms with Gasteiger partial charge in [-0.1, -0.05) is 52.0 Å². The predicted octanol–water partition coefficient (Wildman–Crippen LogP) is 4.03. The lowest BCUT2D eigenvalue weighted by molar-refractivity contribution is -0.136. The molecule has 4 atom stereocenters. The molecule has 0 saturated carbocycles. The summed E-state index contributed by atoms with van der Waals surface area (Å²) in [7, 11) is 1.28. The van der Waals surface area contributed by atoms with Gasteiger partial charge in [0.15, 0.2) is 0 Å². The van der Waals surface area contributed by atoms with Gasteiger partial charge in [-0.2, -0.15) is 0 Å². The van der Waals surface area contributed by atoms with Gasteiger partial charge in [0.25, 0.3) is 0 Å². The summed E-state index contributed by atoms with van der Waals surface area (Å²) in [4.78, 5) is 68.9. The normalized spacial score (nSPS) is 19.6. The van der Waals surface area contributed by atoms with E-state index in [2.05, 4.69) is 30.6 Å². The minimum absolute atomic E-state index is 0.0934. The maximum Gasteiger partial charge on any atom is 0.407 e. The summed E-state index contributed by atoms with van der Waals surface area (Å²) < 4.78 is 4.71. The molecule has 4 amide bonds. The van der Waals surface area contributed by atoms with Crippen molar-refractivity contribution in [3.05, 3.63) is 59.7 Å². The Morgan fingerprint density at radius 3 is 1.70 bits per heavy atom. The van der Waals surface area contributed by atoms with E-state index in [0.29, 0.717) is 31.8 Å². The molecule has 14 heteroatoms. The van der Waals surface area contributed by atoms with Gasteiger partial charge in [-0.3, -0.25) is 9.59 Å². The van der Waals surface area contributed by atoms with Crippen LogP contribution in [0.2, 0.25) is 0 Å². The van der Waals surface area contributed by atoms with Crippen LogP contribution in [0.4, 0.5) is 9.59 Å². The van der Waals surface area contributed by atoms with Crippen molar-refractivity contribution in [3.63, 3.8) is 0 Å². The lowest BCUT2D eigenvalue weighted by atomic mass is 10.0. The van der Waals surface area contributed by atoms with E-state index < -0.39 is 24.3 Å². The molecule has 2 saturated heterocycles. The molecule has 47 heavy (non-hydrogen) atoms. The molecule has 0 spiro atoms. The number of allylic oxidation sites excluding steroid dienone is 4. The fraction of sp³-hybridized carbons (Fsp3) is 0.576. The van der Waals surface area contributed by atoms with Crippen LogP contribution in [0.1, 0.15) is 88.5 Å². The van der Waals surface area contributed by atoms with E-state index in [9.17, 15) is 24.3 Å². The average Bonchev–Trinajstić information content (AvgIpc) is 3.85. The summed E-state index contributed by atoms with van der Waals surface area (Å²) in [6.07, 6.45) is 14.2. The lowest BCUT2D eigenvalue weighted by Crippen LogP contribution is -2.51. The summed E-state index contributed by atoms with van der Waals surface area (Å²) in [5.74, 6) is 0.829. The molecule has 2 fully saturated rings. The smallest absolute Gasteiger partial charge is 0.407 e. The largest absolute Gasteiger partial charge is 0.465 e. The van der Waals surface area contributed by atoms with E-state index in [4.69, 9.17) is 4.74 Å². The molecule has 3 unspecified atom stereocenters. The highest BCUT2D eigenvalue weighted by Gasteiger charge is 2.38. The van der Waals surface area contributed by atoms with Crippen LogP contribution in [-0.2, 0) is 27.2 Å². The first-order valence-corrected chi connectivity index (χ1v) is 16.3. The van der Waals surface area contributed by atoms with Crippen molar-refractivity contribution in [1.29, 1.82) is 0 Å². The van der Waals surface area contributed by atoms with E-state index in [1.165, 1.54) is 7.11 Å². The Hall–Kier alpha value is -4.62. The molecule has 4 rings (SSSR count). The summed E-state index contributed by atoms with van der Waals surface area (Å²) in [5.41, 5.74) is 1.85. The topological polar surface area (TPSA) is 186 Å². The SMILES string of the molecule is COC(=O)NC(C(=O)N1CCC[C@H]1c1ncc(C/C=C/C=C/Cc2cnc(C3CCCN3C(=O)C(NC(=O)O)C(C)C)[nH]2)[nH]1)C(C)C. The Balaban J connectivity index is 1.28. The maximum absolute atomic E-state index is 13.3. The molecule has 5 N–H and O–H groups in total. The number of imidazole rings is 2. The van der Waals surface area contributed by atoms with Crippen LogP contribution in [0.5, 0.6) is 0 Å². The summed E-state index contributed by atoms with van der Waals surface area (Å²) in [6.45, 7) is 8.61. The minimum Gasteiger partial charge on any atom is -0.465 e. The van der Waals surface area contributed by atoms with Crippen LogP contribution >= 0.6 is 0 Å². The van der Waals surface area contributed by atoms with Crippen LogP contribution in [0, 0.1) is 11.8 Å². The molecular weight excluding hydrogens is 604 g/mol. The van der Waals surface area contributed by atoms with Crippen molar-refractivity contribution in [3.8, 4) is 0 Å². The number of hydrogen-bond acceptors (Lipinski definition) is 7. The van der Waals surface area contributed by atoms with Gasteiger partial charge in [0.05, 0.1) is 19.2 Å². The number of ether oxygens (including phenoxy) is 1. The zero-order valence-corrected chi connectivity index (χ0v) is 27.9. The van der Waals surface area contributed by atoms with E-state index >= 15 is 0 Å². The third kappa shape index (κ3) is 9.01. The first-order chi connectivity index (χ1) is 22.5. The van der Waals surface area contributed by atoms with Crippen LogP contribution < -0.4 is 10.6 Å². The average molecular weight is 653 g/mol. The number of amides is 4. The van der Waals surface area contributed by atoms with Gasteiger partial charge in [-0.25, -0.2) is 19.6 Å². The minimum atomic E-state index is -1.21. The summed E-state index contributed by atoms with van der Waals surface area (Å²) in [5, 5.41) is 14.2. The van der Waals surface area contributed by atoms with E-state index in [-0.39, 0.29) is 35.7 Å². The van der Waals surface area contributed by atoms with E-state index in [0.717, 1.165) is 42.9 Å². The number of carbonyl (C=O) groups excluding carboxylic acids is 3. The quantitative estimate of drug-likeness (QED) is 0.201. The molecule has 2 aromatic rings. The predicted molar refractivity (Wildman–Crippen MR) is 174 cm³/mol. The van der Waals surface area contributed by atoms with Crippen LogP contribution in [0.25, 0.3) is 0 Å². The fourth-order valence-electron chi connectivity index (χ4n) is 6.18. The standard InChI is InChI=1S/C33H48N8O6/c1-20(2)26(38-32(44)45)30(42)40-16-10-14-24(40)28-34-18-22(36-28)12-8-6-7-9-13-23-19-35-29(37-23)25-15-11-17-41(25)31(43)27(21(3)4)39-33(46)47-5/h6-9,18-21,24-27,38H,10-17H2,1-5H3,(H,34,36)(H,35,37)(H,39,46)(H,44,45)/b8-6+,9-7+/t24?,25-,26?,27?/m0/s1. The van der Waals surface area contributed by atoms with Gasteiger partial charge < -0.3 is 40.2 Å². The number of nitrogens with zero attached hydrogens (tertiary/aromatic N) is 4. The molecule has 0 aliphatic carbocycles. The van der Waals surface area contributed by atoms with Gasteiger partial charge in [0.2, 0.25) is 11.8 Å². The fourth-order valence-corrected chi connectivity index (χ4v) is 6.18. The van der Waals surface area contributed by atoms with Gasteiger partial charge in [-0.15, -0.1) is 0 Å². The maximum atomic E-state index is 13.3. The highest BCUT2D eigenvalue weighted by atomic mass is 16.5. The molecular formula is C33H48N8O6. The molecule has 14 nitrogen and oxygen atoms in total. The Morgan fingerprint density at radius 2 is 1.30 bits per heavy atom. The number of aromatic amines is 2. The molecule has 0 bridgehead atoms. The zero-order valence-electron chi connectivity index (χ0n) is 27.9. The van der Waals surface area contributed by atoms with Crippen molar-refractivity contribution in [2.75, 3.05) is 20.2 Å². The number of likely N-dealkylation sites (tertiary alicyclic amines) is 2. The number of hydrogen-bond donors (Lipinski definition) is 5. The number of alkyl carbamates (subject to hydrolysis) is 1. The van der Waals surface area contributed by atoms with Crippen molar-refractivity contribution < 1.29 is 29.0 Å². The van der Waals surface area contributed by atoms with E-state index in [1.807, 2.05) is 52.0 Å². The highest BCUT2D eigenvalue weighted by Crippen LogP contribution is 2.32. The molecule has 2 aliphatic heterocycles. The molecule has 4 heterocycles. The number of rotatable bonds is 13. The van der Waals surface area contributed by atoms with Gasteiger partial charge in [0.1, 0.15) is 23.7 Å². The first-order valence-electron chi connectivity index (χ1n) is 16.3. The molecule has 2 aromatic heterocycles. The lowest BCUT2D eigenvalue weighted by Gasteiger charge is -2.30. The first kappa shape index (κ1) is 35.2. The van der Waals surface area contributed by atoms with Gasteiger partial charge >= 0.3 is 12.2 Å². The number of carbonyl (C=O) groups is 4. The molecule has 256 valence electrons. The zero-order chi connectivity index (χ0) is 34.1. The number of aromatic nitrogens is 4. The second-order valence-electron chi connectivity index (χ2n) is 12.8. The number of methoxy groups -OCH3 is 1. The van der Waals surface area contributed by atoms with Crippen LogP contribution in [0.15, 0.2) is 36.7 Å². The number of carboxylic acid groups (broad SMARTS) is 1. The van der Waals surface area contributed by atoms with Crippen LogP contribution in [0.3, 0.4) is 0 Å². The Kier molecular flexibility index (Phi) is 12.2. The molecule has 2 aliphatic rings. The summed E-state index contributed by atoms with van der Waals surface area (Å²) >= 11 is 0. The second kappa shape index (κ2) is 16.3. The van der Waals surface area contributed by atoms with Crippen molar-refractivity contribution >= 4 is 24.0 Å². The van der Waals surface area contributed by atoms with Crippen LogP contribution in [-0.4, -0.2) is 91.1 Å². The van der Waals surface area contributed by atoms with Gasteiger partial charge in [-0.05, 0) is 37.5 Å². The van der Waals surface area contributed by atoms with Crippen molar-refractivity contribution in [2.45, 2.75) is 90.4 Å².